The van der Waals surface area contributed by atoms with Crippen molar-refractivity contribution in [2.24, 2.45) is 0 Å². The van der Waals surface area contributed by atoms with Crippen molar-refractivity contribution in [2.75, 3.05) is 38.5 Å². The van der Waals surface area contributed by atoms with Gasteiger partial charge in [0.1, 0.15) is 5.52 Å². The fourth-order valence-electron chi connectivity index (χ4n) is 4.19. The molecule has 1 aliphatic heterocycles. The van der Waals surface area contributed by atoms with Gasteiger partial charge in [-0.25, -0.2) is 4.98 Å². The number of aromatic amines is 1. The summed E-state index contributed by atoms with van der Waals surface area (Å²) in [6.07, 6.45) is 0. The Morgan fingerprint density at radius 2 is 1.75 bits per heavy atom. The van der Waals surface area contributed by atoms with E-state index >= 15 is 0 Å². The number of nitrogens with one attached hydrogen (secondary N) is 3. The minimum absolute atomic E-state index is 0.158. The number of hydrogen-bond acceptors (Lipinski definition) is 7. The van der Waals surface area contributed by atoms with Gasteiger partial charge in [-0.15, -0.1) is 0 Å². The lowest BCUT2D eigenvalue weighted by Gasteiger charge is -2.32. The Morgan fingerprint density at radius 3 is 2.47 bits per heavy atom. The van der Waals surface area contributed by atoms with E-state index in [1.807, 2.05) is 61.5 Å². The fourth-order valence-corrected chi connectivity index (χ4v) is 5.00. The van der Waals surface area contributed by atoms with Crippen LogP contribution in [0.25, 0.3) is 10.3 Å². The molecule has 3 N–H and O–H groups in total. The summed E-state index contributed by atoms with van der Waals surface area (Å²) in [4.78, 5) is 35.4. The highest BCUT2D eigenvalue weighted by molar-refractivity contribution is 7.20. The molecule has 1 atom stereocenters. The molecule has 0 spiro atoms. The number of carbonyl (C=O) groups is 2. The first-order valence-corrected chi connectivity index (χ1v) is 12.8. The van der Waals surface area contributed by atoms with Gasteiger partial charge in [-0.1, -0.05) is 53.8 Å². The third-order valence-corrected chi connectivity index (χ3v) is 7.36. The van der Waals surface area contributed by atoms with Crippen LogP contribution in [0.5, 0.6) is 0 Å². The molecule has 2 amide bonds. The fraction of sp³-hybridized carbons (Fsp3) is 0.308. The van der Waals surface area contributed by atoms with Gasteiger partial charge in [-0.2, -0.15) is 5.10 Å². The number of benzene rings is 2. The van der Waals surface area contributed by atoms with Crippen LogP contribution in [-0.4, -0.2) is 70.0 Å². The molecule has 4 aromatic rings. The molecule has 9 nitrogen and oxygen atoms in total. The summed E-state index contributed by atoms with van der Waals surface area (Å²) >= 11 is 1.18. The molecule has 0 saturated carbocycles. The van der Waals surface area contributed by atoms with Crippen LogP contribution in [-0.2, 0) is 6.54 Å². The SMILES string of the molecule is CC(NC(=O)c1nc2c(NC(=O)c3ccc(CN4CCN(C)CC4)cc3)[nH]nc2s1)c1ccccc1. The van der Waals surface area contributed by atoms with Gasteiger partial charge in [0, 0.05) is 38.3 Å². The average Bonchev–Trinajstić information content (AvgIpc) is 3.48. The maximum Gasteiger partial charge on any atom is 0.280 e. The van der Waals surface area contributed by atoms with Crippen molar-refractivity contribution in [1.29, 1.82) is 0 Å². The number of H-pyrrole nitrogens is 1. The molecule has 186 valence electrons. The van der Waals surface area contributed by atoms with Crippen LogP contribution < -0.4 is 10.6 Å². The monoisotopic (exact) mass is 503 g/mol. The molecule has 0 aliphatic carbocycles. The maximum atomic E-state index is 12.9. The van der Waals surface area contributed by atoms with Gasteiger partial charge in [-0.05, 0) is 37.2 Å². The minimum Gasteiger partial charge on any atom is -0.343 e. The van der Waals surface area contributed by atoms with Crippen LogP contribution in [0.2, 0.25) is 0 Å². The molecule has 2 aromatic heterocycles. The van der Waals surface area contributed by atoms with Gasteiger partial charge >= 0.3 is 0 Å². The smallest absolute Gasteiger partial charge is 0.280 e. The molecule has 36 heavy (non-hydrogen) atoms. The Labute approximate surface area is 213 Å². The summed E-state index contributed by atoms with van der Waals surface area (Å²) in [5.74, 6) is -0.158. The third kappa shape index (κ3) is 5.46. The van der Waals surface area contributed by atoms with E-state index in [0.717, 1.165) is 38.3 Å². The van der Waals surface area contributed by atoms with Crippen molar-refractivity contribution >= 4 is 39.3 Å². The predicted molar refractivity (Wildman–Crippen MR) is 141 cm³/mol. The van der Waals surface area contributed by atoms with E-state index in [2.05, 4.69) is 42.7 Å². The van der Waals surface area contributed by atoms with E-state index < -0.39 is 0 Å². The largest absolute Gasteiger partial charge is 0.343 e. The number of likely N-dealkylation sites (N-methyl/N-ethyl adjacent to an activating group) is 1. The zero-order chi connectivity index (χ0) is 25.1. The Hall–Kier alpha value is -3.60. The number of aromatic nitrogens is 3. The van der Waals surface area contributed by atoms with E-state index in [0.29, 0.717) is 26.7 Å². The number of anilines is 1. The van der Waals surface area contributed by atoms with Crippen LogP contribution in [0.3, 0.4) is 0 Å². The second-order valence-electron chi connectivity index (χ2n) is 9.11. The van der Waals surface area contributed by atoms with Crippen LogP contribution in [0.1, 0.15) is 44.3 Å². The van der Waals surface area contributed by atoms with E-state index in [-0.39, 0.29) is 17.9 Å². The van der Waals surface area contributed by atoms with Gasteiger partial charge < -0.3 is 15.5 Å². The average molecular weight is 504 g/mol. The lowest BCUT2D eigenvalue weighted by Crippen LogP contribution is -2.43. The van der Waals surface area contributed by atoms with Crippen molar-refractivity contribution in [1.82, 2.24) is 30.3 Å². The summed E-state index contributed by atoms with van der Waals surface area (Å²) in [7, 11) is 2.14. The second kappa shape index (κ2) is 10.6. The summed E-state index contributed by atoms with van der Waals surface area (Å²) in [5, 5.41) is 13.1. The summed E-state index contributed by atoms with van der Waals surface area (Å²) in [5.41, 5.74) is 3.21. The number of thiazole rings is 1. The quantitative estimate of drug-likeness (QED) is 0.356. The molecule has 5 rings (SSSR count). The van der Waals surface area contributed by atoms with Crippen molar-refractivity contribution in [3.63, 3.8) is 0 Å². The molecule has 1 fully saturated rings. The minimum atomic E-state index is -0.275. The standard InChI is InChI=1S/C26H29N7O2S/c1-17(19-6-4-3-5-7-19)27-24(35)26-28-21-22(30-31-25(21)36-26)29-23(34)20-10-8-18(9-11-20)16-33-14-12-32(2)13-15-33/h3-11,17H,12-16H2,1-2H3,(H,27,35)(H2,29,30,31,34). The highest BCUT2D eigenvalue weighted by Gasteiger charge is 2.20. The van der Waals surface area contributed by atoms with E-state index in [1.165, 1.54) is 16.9 Å². The zero-order valence-electron chi connectivity index (χ0n) is 20.3. The molecule has 1 aliphatic rings. The summed E-state index contributed by atoms with van der Waals surface area (Å²) in [6.45, 7) is 7.05. The first-order chi connectivity index (χ1) is 17.5. The lowest BCUT2D eigenvalue weighted by atomic mass is 10.1. The molecular formula is C26H29N7O2S. The Balaban J connectivity index is 1.22. The van der Waals surface area contributed by atoms with Crippen molar-refractivity contribution in [2.45, 2.75) is 19.5 Å². The highest BCUT2D eigenvalue weighted by Crippen LogP contribution is 2.26. The maximum absolute atomic E-state index is 12.9. The number of piperazine rings is 1. The first kappa shape index (κ1) is 24.1. The number of nitrogens with zero attached hydrogens (tertiary/aromatic N) is 4. The Kier molecular flexibility index (Phi) is 7.08. The lowest BCUT2D eigenvalue weighted by molar-refractivity contribution is 0.0939. The Bertz CT molecular complexity index is 1340. The molecule has 0 bridgehead atoms. The second-order valence-corrected chi connectivity index (χ2v) is 10.1. The molecule has 1 unspecified atom stereocenters. The van der Waals surface area contributed by atoms with Crippen LogP contribution in [0.4, 0.5) is 5.82 Å². The number of rotatable bonds is 7. The Morgan fingerprint density at radius 1 is 1.03 bits per heavy atom. The normalized spacial score (nSPS) is 15.6. The first-order valence-electron chi connectivity index (χ1n) is 12.0. The number of amides is 2. The van der Waals surface area contributed by atoms with Gasteiger partial charge in [0.25, 0.3) is 11.8 Å². The van der Waals surface area contributed by atoms with Crippen LogP contribution in [0, 0.1) is 0 Å². The van der Waals surface area contributed by atoms with Crippen molar-refractivity contribution in [3.8, 4) is 0 Å². The number of fused-ring (bicyclic) bond motifs is 1. The summed E-state index contributed by atoms with van der Waals surface area (Å²) in [6, 6.07) is 17.2. The van der Waals surface area contributed by atoms with Gasteiger partial charge in [0.05, 0.1) is 6.04 Å². The van der Waals surface area contributed by atoms with Crippen molar-refractivity contribution < 1.29 is 9.59 Å². The predicted octanol–water partition coefficient (Wildman–Crippen LogP) is 3.51. The van der Waals surface area contributed by atoms with Crippen molar-refractivity contribution in [3.05, 3.63) is 76.3 Å². The molecular weight excluding hydrogens is 474 g/mol. The number of hydrogen-bond donors (Lipinski definition) is 3. The summed E-state index contributed by atoms with van der Waals surface area (Å²) < 4.78 is 0. The van der Waals surface area contributed by atoms with Crippen LogP contribution >= 0.6 is 11.3 Å². The molecule has 3 heterocycles. The molecule has 1 saturated heterocycles. The number of carbonyl (C=O) groups excluding carboxylic acids is 2. The van der Waals surface area contributed by atoms with E-state index in [9.17, 15) is 9.59 Å². The topological polar surface area (TPSA) is 106 Å². The van der Waals surface area contributed by atoms with Crippen LogP contribution in [0.15, 0.2) is 54.6 Å². The van der Waals surface area contributed by atoms with Gasteiger partial charge in [0.15, 0.2) is 15.7 Å². The van der Waals surface area contributed by atoms with Gasteiger partial charge in [0.2, 0.25) is 0 Å². The van der Waals surface area contributed by atoms with E-state index in [1.54, 1.807) is 0 Å². The third-order valence-electron chi connectivity index (χ3n) is 6.41. The van der Waals surface area contributed by atoms with Gasteiger partial charge in [-0.3, -0.25) is 19.6 Å². The molecule has 2 aromatic carbocycles. The zero-order valence-corrected chi connectivity index (χ0v) is 21.1. The molecule has 0 radical (unpaired) electrons. The van der Waals surface area contributed by atoms with E-state index in [4.69, 9.17) is 0 Å². The molecule has 10 heteroatoms. The highest BCUT2D eigenvalue weighted by atomic mass is 32.1.